The molecule has 1 N–H and O–H groups in total. The molecule has 0 radical (unpaired) electrons. The van der Waals surface area contributed by atoms with E-state index in [0.717, 1.165) is 53.1 Å². The van der Waals surface area contributed by atoms with E-state index < -0.39 is 28.5 Å². The molecule has 0 spiro atoms. The molecule has 1 fully saturated rings. The number of nitrogens with one attached hydrogen (secondary N) is 1. The Morgan fingerprint density at radius 3 is 2.23 bits per heavy atom. The second-order valence-corrected chi connectivity index (χ2v) is 13.1. The standard InChI is InChI=1S/C34H43N3O5S/c1-5-42-31-18-20-32(21-19-31)43(40,41)37(30-16-14-25(2)15-17-30)24-33(38)36(23-28-11-9-10-26(3)22-28)27(4)34(39)35-29-12-7-6-8-13-29/h9-11,14-22,27,29H,5-8,12-13,23-24H2,1-4H3,(H,35,39)/t27-/m1/s1. The van der Waals surface area contributed by atoms with Crippen molar-refractivity contribution in [2.45, 2.75) is 83.3 Å². The highest BCUT2D eigenvalue weighted by molar-refractivity contribution is 7.92. The average molecular weight is 606 g/mol. The Hall–Kier alpha value is -3.85. The van der Waals surface area contributed by atoms with Crippen molar-refractivity contribution in [3.63, 3.8) is 0 Å². The average Bonchev–Trinajstić information content (AvgIpc) is 2.99. The summed E-state index contributed by atoms with van der Waals surface area (Å²) in [4.78, 5) is 29.1. The molecule has 0 aliphatic heterocycles. The fraction of sp³-hybridized carbons (Fsp3) is 0.412. The van der Waals surface area contributed by atoms with Gasteiger partial charge in [-0.05, 0) is 82.5 Å². The van der Waals surface area contributed by atoms with Crippen LogP contribution in [0.15, 0.2) is 77.7 Å². The van der Waals surface area contributed by atoms with E-state index in [2.05, 4.69) is 5.32 Å². The van der Waals surface area contributed by atoms with E-state index in [0.29, 0.717) is 18.0 Å². The van der Waals surface area contributed by atoms with Crippen molar-refractivity contribution in [3.8, 4) is 5.75 Å². The molecule has 230 valence electrons. The summed E-state index contributed by atoms with van der Waals surface area (Å²) in [6.45, 7) is 7.61. The van der Waals surface area contributed by atoms with Crippen LogP contribution in [0.25, 0.3) is 0 Å². The predicted octanol–water partition coefficient (Wildman–Crippen LogP) is 5.76. The van der Waals surface area contributed by atoms with Crippen LogP contribution in [-0.2, 0) is 26.2 Å². The van der Waals surface area contributed by atoms with Crippen LogP contribution in [0, 0.1) is 13.8 Å². The van der Waals surface area contributed by atoms with Gasteiger partial charge in [0.05, 0.1) is 17.2 Å². The number of amides is 2. The summed E-state index contributed by atoms with van der Waals surface area (Å²) in [5.74, 6) is -0.145. The number of carbonyl (C=O) groups excluding carboxylic acids is 2. The van der Waals surface area contributed by atoms with Crippen molar-refractivity contribution >= 4 is 27.5 Å². The molecule has 1 saturated carbocycles. The number of benzene rings is 3. The third-order valence-corrected chi connectivity index (χ3v) is 9.67. The molecule has 0 saturated heterocycles. The zero-order chi connectivity index (χ0) is 31.0. The number of ether oxygens (including phenoxy) is 1. The Balaban J connectivity index is 1.67. The van der Waals surface area contributed by atoms with Gasteiger partial charge in [-0.3, -0.25) is 13.9 Å². The van der Waals surface area contributed by atoms with E-state index in [-0.39, 0.29) is 23.4 Å². The smallest absolute Gasteiger partial charge is 0.264 e. The Labute approximate surface area is 256 Å². The number of rotatable bonds is 12. The van der Waals surface area contributed by atoms with E-state index in [9.17, 15) is 18.0 Å². The van der Waals surface area contributed by atoms with E-state index in [1.165, 1.54) is 17.0 Å². The summed E-state index contributed by atoms with van der Waals surface area (Å²) in [7, 11) is -4.15. The monoisotopic (exact) mass is 605 g/mol. The maximum atomic E-state index is 14.2. The first-order chi connectivity index (χ1) is 20.6. The first-order valence-electron chi connectivity index (χ1n) is 15.1. The summed E-state index contributed by atoms with van der Waals surface area (Å²) in [6.07, 6.45) is 5.15. The van der Waals surface area contributed by atoms with Crippen LogP contribution < -0.4 is 14.4 Å². The minimum atomic E-state index is -4.15. The van der Waals surface area contributed by atoms with E-state index in [1.807, 2.05) is 57.2 Å². The number of nitrogens with zero attached hydrogens (tertiary/aromatic N) is 2. The van der Waals surface area contributed by atoms with E-state index in [4.69, 9.17) is 4.74 Å². The lowest BCUT2D eigenvalue weighted by Crippen LogP contribution is -2.53. The normalized spacial score (nSPS) is 14.5. The van der Waals surface area contributed by atoms with Gasteiger partial charge in [-0.15, -0.1) is 0 Å². The van der Waals surface area contributed by atoms with Gasteiger partial charge in [-0.2, -0.15) is 0 Å². The number of hydrogen-bond acceptors (Lipinski definition) is 5. The fourth-order valence-electron chi connectivity index (χ4n) is 5.40. The molecule has 0 heterocycles. The molecule has 2 amide bonds. The van der Waals surface area contributed by atoms with Gasteiger partial charge >= 0.3 is 0 Å². The Morgan fingerprint density at radius 2 is 1.60 bits per heavy atom. The van der Waals surface area contributed by atoms with Gasteiger partial charge in [-0.1, -0.05) is 66.8 Å². The number of carbonyl (C=O) groups is 2. The molecule has 1 aliphatic rings. The maximum Gasteiger partial charge on any atom is 0.264 e. The molecule has 43 heavy (non-hydrogen) atoms. The molecule has 4 rings (SSSR count). The second-order valence-electron chi connectivity index (χ2n) is 11.3. The minimum absolute atomic E-state index is 0.0395. The molecule has 0 aromatic heterocycles. The minimum Gasteiger partial charge on any atom is -0.494 e. The molecule has 0 unspecified atom stereocenters. The predicted molar refractivity (Wildman–Crippen MR) is 170 cm³/mol. The molecule has 3 aromatic rings. The lowest BCUT2D eigenvalue weighted by atomic mass is 9.95. The van der Waals surface area contributed by atoms with Crippen LogP contribution in [0.2, 0.25) is 0 Å². The van der Waals surface area contributed by atoms with Crippen LogP contribution >= 0.6 is 0 Å². The summed E-state index contributed by atoms with van der Waals surface area (Å²) in [5, 5.41) is 3.14. The van der Waals surface area contributed by atoms with Crippen molar-refractivity contribution in [1.82, 2.24) is 10.2 Å². The van der Waals surface area contributed by atoms with Crippen LogP contribution in [-0.4, -0.2) is 50.4 Å². The fourth-order valence-corrected chi connectivity index (χ4v) is 6.81. The highest BCUT2D eigenvalue weighted by Gasteiger charge is 2.33. The van der Waals surface area contributed by atoms with Crippen molar-refractivity contribution < 1.29 is 22.7 Å². The lowest BCUT2D eigenvalue weighted by molar-refractivity contribution is -0.139. The van der Waals surface area contributed by atoms with Gasteiger partial charge < -0.3 is 15.0 Å². The molecule has 3 aromatic carbocycles. The Morgan fingerprint density at radius 1 is 0.930 bits per heavy atom. The zero-order valence-electron chi connectivity index (χ0n) is 25.6. The number of hydrogen-bond donors (Lipinski definition) is 1. The van der Waals surface area contributed by atoms with Crippen LogP contribution in [0.1, 0.15) is 62.6 Å². The largest absolute Gasteiger partial charge is 0.494 e. The van der Waals surface area contributed by atoms with Gasteiger partial charge in [0.2, 0.25) is 11.8 Å². The van der Waals surface area contributed by atoms with Crippen molar-refractivity contribution in [3.05, 3.63) is 89.5 Å². The SMILES string of the molecule is CCOc1ccc(S(=O)(=O)N(CC(=O)N(Cc2cccc(C)c2)[C@H](C)C(=O)NC2CCCCC2)c2ccc(C)cc2)cc1. The number of aryl methyl sites for hydroxylation is 2. The second kappa shape index (κ2) is 14.6. The van der Waals surface area contributed by atoms with E-state index >= 15 is 0 Å². The number of anilines is 1. The van der Waals surface area contributed by atoms with Gasteiger partial charge in [0.15, 0.2) is 0 Å². The summed E-state index contributed by atoms with van der Waals surface area (Å²) >= 11 is 0. The van der Waals surface area contributed by atoms with Gasteiger partial charge in [0.1, 0.15) is 18.3 Å². The molecule has 1 aliphatic carbocycles. The number of sulfonamides is 1. The first-order valence-corrected chi connectivity index (χ1v) is 16.5. The van der Waals surface area contributed by atoms with E-state index in [1.54, 1.807) is 31.2 Å². The first kappa shape index (κ1) is 32.1. The van der Waals surface area contributed by atoms with Gasteiger partial charge in [0, 0.05) is 12.6 Å². The third-order valence-electron chi connectivity index (χ3n) is 7.88. The van der Waals surface area contributed by atoms with Crippen LogP contribution in [0.4, 0.5) is 5.69 Å². The van der Waals surface area contributed by atoms with Crippen LogP contribution in [0.3, 0.4) is 0 Å². The summed E-state index contributed by atoms with van der Waals surface area (Å²) < 4.78 is 34.7. The molecule has 9 heteroatoms. The molecule has 1 atom stereocenters. The molecule has 0 bridgehead atoms. The summed E-state index contributed by atoms with van der Waals surface area (Å²) in [6, 6.07) is 20.2. The zero-order valence-corrected chi connectivity index (χ0v) is 26.4. The molecule has 8 nitrogen and oxygen atoms in total. The van der Waals surface area contributed by atoms with Crippen LogP contribution in [0.5, 0.6) is 5.75 Å². The quantitative estimate of drug-likeness (QED) is 0.283. The highest BCUT2D eigenvalue weighted by atomic mass is 32.2. The maximum absolute atomic E-state index is 14.2. The lowest BCUT2D eigenvalue weighted by Gasteiger charge is -2.33. The van der Waals surface area contributed by atoms with Crippen molar-refractivity contribution in [2.24, 2.45) is 0 Å². The van der Waals surface area contributed by atoms with Gasteiger partial charge in [-0.25, -0.2) is 8.42 Å². The third kappa shape index (κ3) is 8.38. The molecular weight excluding hydrogens is 562 g/mol. The van der Waals surface area contributed by atoms with Crippen molar-refractivity contribution in [2.75, 3.05) is 17.5 Å². The Kier molecular flexibility index (Phi) is 10.9. The topological polar surface area (TPSA) is 96.0 Å². The molecular formula is C34H43N3O5S. The summed E-state index contributed by atoms with van der Waals surface area (Å²) in [5.41, 5.74) is 3.22. The van der Waals surface area contributed by atoms with Gasteiger partial charge in [0.25, 0.3) is 10.0 Å². The Bertz CT molecular complexity index is 1480. The van der Waals surface area contributed by atoms with Crippen molar-refractivity contribution in [1.29, 1.82) is 0 Å². The highest BCUT2D eigenvalue weighted by Crippen LogP contribution is 2.27.